The van der Waals surface area contributed by atoms with E-state index in [1.807, 2.05) is 9.80 Å². The van der Waals surface area contributed by atoms with Gasteiger partial charge in [0.15, 0.2) is 0 Å². The molecule has 1 unspecified atom stereocenters. The van der Waals surface area contributed by atoms with E-state index in [4.69, 9.17) is 5.11 Å². The van der Waals surface area contributed by atoms with Crippen LogP contribution in [-0.2, 0) is 4.79 Å². The molecular formula is C15H26N2O3. The standard InChI is InChI=1S/C15H26N2O3/c1-11(2)13-4-3-7-17(13)15(20)16-8-5-12(6-9-16)10-14(18)19/h11-13H,3-10H2,1-2H3,(H,18,19). The van der Waals surface area contributed by atoms with Crippen molar-refractivity contribution in [1.29, 1.82) is 0 Å². The van der Waals surface area contributed by atoms with E-state index >= 15 is 0 Å². The van der Waals surface area contributed by atoms with Gasteiger partial charge in [-0.05, 0) is 37.5 Å². The van der Waals surface area contributed by atoms with Crippen molar-refractivity contribution < 1.29 is 14.7 Å². The summed E-state index contributed by atoms with van der Waals surface area (Å²) in [7, 11) is 0. The number of carboxylic acid groups (broad SMARTS) is 1. The summed E-state index contributed by atoms with van der Waals surface area (Å²) in [5.41, 5.74) is 0. The second-order valence-electron chi connectivity index (χ2n) is 6.46. The monoisotopic (exact) mass is 282 g/mol. The number of hydrogen-bond acceptors (Lipinski definition) is 2. The molecule has 0 aromatic heterocycles. The highest BCUT2D eigenvalue weighted by Crippen LogP contribution is 2.27. The molecule has 5 heteroatoms. The topological polar surface area (TPSA) is 60.9 Å². The maximum absolute atomic E-state index is 12.6. The molecule has 0 aromatic rings. The number of hydrogen-bond donors (Lipinski definition) is 1. The van der Waals surface area contributed by atoms with Crippen LogP contribution < -0.4 is 0 Å². The molecule has 2 fully saturated rings. The zero-order valence-electron chi connectivity index (χ0n) is 12.5. The van der Waals surface area contributed by atoms with E-state index in [2.05, 4.69) is 13.8 Å². The van der Waals surface area contributed by atoms with Crippen molar-refractivity contribution in [1.82, 2.24) is 9.80 Å². The average molecular weight is 282 g/mol. The minimum atomic E-state index is -0.728. The van der Waals surface area contributed by atoms with Crippen LogP contribution in [0.4, 0.5) is 4.79 Å². The van der Waals surface area contributed by atoms with E-state index in [0.717, 1.165) is 32.2 Å². The minimum Gasteiger partial charge on any atom is -0.481 e. The maximum atomic E-state index is 12.6. The molecule has 2 heterocycles. The van der Waals surface area contributed by atoms with Crippen molar-refractivity contribution in [2.75, 3.05) is 19.6 Å². The lowest BCUT2D eigenvalue weighted by atomic mass is 9.94. The largest absolute Gasteiger partial charge is 0.481 e. The Morgan fingerprint density at radius 1 is 1.15 bits per heavy atom. The fourth-order valence-electron chi connectivity index (χ4n) is 3.48. The molecule has 0 aromatic carbocycles. The molecule has 5 nitrogen and oxygen atoms in total. The summed E-state index contributed by atoms with van der Waals surface area (Å²) < 4.78 is 0. The molecule has 0 spiro atoms. The number of urea groups is 1. The van der Waals surface area contributed by atoms with Gasteiger partial charge in [0.2, 0.25) is 0 Å². The minimum absolute atomic E-state index is 0.162. The fraction of sp³-hybridized carbons (Fsp3) is 0.867. The van der Waals surface area contributed by atoms with Crippen molar-refractivity contribution in [3.05, 3.63) is 0 Å². The van der Waals surface area contributed by atoms with Crippen molar-refractivity contribution in [3.8, 4) is 0 Å². The van der Waals surface area contributed by atoms with Crippen molar-refractivity contribution in [2.24, 2.45) is 11.8 Å². The van der Waals surface area contributed by atoms with Gasteiger partial charge in [-0.25, -0.2) is 4.79 Å². The van der Waals surface area contributed by atoms with E-state index in [0.29, 0.717) is 25.0 Å². The van der Waals surface area contributed by atoms with E-state index < -0.39 is 5.97 Å². The van der Waals surface area contributed by atoms with Crippen LogP contribution in [0.25, 0.3) is 0 Å². The van der Waals surface area contributed by atoms with Gasteiger partial charge >= 0.3 is 12.0 Å². The molecule has 1 atom stereocenters. The summed E-state index contributed by atoms with van der Waals surface area (Å²) in [6.07, 6.45) is 4.08. The first-order valence-corrected chi connectivity index (χ1v) is 7.76. The predicted molar refractivity (Wildman–Crippen MR) is 76.5 cm³/mol. The summed E-state index contributed by atoms with van der Waals surface area (Å²) in [6.45, 7) is 6.64. The second kappa shape index (κ2) is 6.46. The molecule has 2 saturated heterocycles. The van der Waals surface area contributed by atoms with Crippen molar-refractivity contribution in [3.63, 3.8) is 0 Å². The second-order valence-corrected chi connectivity index (χ2v) is 6.46. The maximum Gasteiger partial charge on any atom is 0.320 e. The zero-order chi connectivity index (χ0) is 14.7. The number of carboxylic acids is 1. The first-order chi connectivity index (χ1) is 9.49. The van der Waals surface area contributed by atoms with Crippen LogP contribution in [0, 0.1) is 11.8 Å². The molecule has 0 bridgehead atoms. The van der Waals surface area contributed by atoms with Crippen molar-refractivity contribution >= 4 is 12.0 Å². The highest BCUT2D eigenvalue weighted by atomic mass is 16.4. The van der Waals surface area contributed by atoms with Gasteiger partial charge in [-0.2, -0.15) is 0 Å². The Morgan fingerprint density at radius 2 is 1.80 bits per heavy atom. The number of likely N-dealkylation sites (tertiary alicyclic amines) is 2. The summed E-state index contributed by atoms with van der Waals surface area (Å²) >= 11 is 0. The first-order valence-electron chi connectivity index (χ1n) is 7.76. The zero-order valence-corrected chi connectivity index (χ0v) is 12.5. The van der Waals surface area contributed by atoms with Crippen LogP contribution in [0.1, 0.15) is 46.0 Å². The van der Waals surface area contributed by atoms with Gasteiger partial charge in [-0.15, -0.1) is 0 Å². The third kappa shape index (κ3) is 3.44. The third-order valence-electron chi connectivity index (χ3n) is 4.66. The molecule has 2 aliphatic heterocycles. The quantitative estimate of drug-likeness (QED) is 0.864. The fourth-order valence-corrected chi connectivity index (χ4v) is 3.48. The lowest BCUT2D eigenvalue weighted by Crippen LogP contribution is -2.49. The van der Waals surface area contributed by atoms with Crippen LogP contribution in [-0.4, -0.2) is 52.6 Å². The van der Waals surface area contributed by atoms with E-state index in [9.17, 15) is 9.59 Å². The van der Waals surface area contributed by atoms with Crippen LogP contribution >= 0.6 is 0 Å². The number of piperidine rings is 1. The summed E-state index contributed by atoms with van der Waals surface area (Å²) in [4.78, 5) is 27.2. The highest BCUT2D eigenvalue weighted by molar-refractivity contribution is 5.75. The smallest absolute Gasteiger partial charge is 0.320 e. The number of aliphatic carboxylic acids is 1. The molecular weight excluding hydrogens is 256 g/mol. The number of nitrogens with zero attached hydrogens (tertiary/aromatic N) is 2. The highest BCUT2D eigenvalue weighted by Gasteiger charge is 2.34. The number of carbonyl (C=O) groups excluding carboxylic acids is 1. The van der Waals surface area contributed by atoms with Crippen LogP contribution in [0.5, 0.6) is 0 Å². The predicted octanol–water partition coefficient (Wildman–Crippen LogP) is 2.41. The Balaban J connectivity index is 1.87. The number of amides is 2. The van der Waals surface area contributed by atoms with Gasteiger partial charge in [-0.3, -0.25) is 4.79 Å². The first kappa shape index (κ1) is 15.1. The SMILES string of the molecule is CC(C)C1CCCN1C(=O)N1CCC(CC(=O)O)CC1. The van der Waals surface area contributed by atoms with Gasteiger partial charge in [-0.1, -0.05) is 13.8 Å². The lowest BCUT2D eigenvalue weighted by molar-refractivity contribution is -0.138. The summed E-state index contributed by atoms with van der Waals surface area (Å²) in [5, 5.41) is 8.82. The number of carbonyl (C=O) groups is 2. The lowest BCUT2D eigenvalue weighted by Gasteiger charge is -2.37. The van der Waals surface area contributed by atoms with Crippen LogP contribution in [0.2, 0.25) is 0 Å². The Bertz CT molecular complexity index is 362. The molecule has 114 valence electrons. The van der Waals surface area contributed by atoms with E-state index in [1.54, 1.807) is 0 Å². The molecule has 20 heavy (non-hydrogen) atoms. The molecule has 2 rings (SSSR count). The Labute approximate surface area is 120 Å². The Morgan fingerprint density at radius 3 is 2.35 bits per heavy atom. The van der Waals surface area contributed by atoms with Gasteiger partial charge in [0.25, 0.3) is 0 Å². The van der Waals surface area contributed by atoms with Gasteiger partial charge in [0.05, 0.1) is 0 Å². The third-order valence-corrected chi connectivity index (χ3v) is 4.66. The van der Waals surface area contributed by atoms with Crippen LogP contribution in [0.3, 0.4) is 0 Å². The Hall–Kier alpha value is -1.26. The van der Waals surface area contributed by atoms with Gasteiger partial charge in [0.1, 0.15) is 0 Å². The molecule has 2 amide bonds. The van der Waals surface area contributed by atoms with E-state index in [-0.39, 0.29) is 18.4 Å². The molecule has 0 radical (unpaired) electrons. The average Bonchev–Trinajstić information content (AvgIpc) is 2.87. The molecule has 1 N–H and O–H groups in total. The molecule has 0 aliphatic carbocycles. The van der Waals surface area contributed by atoms with Gasteiger partial charge < -0.3 is 14.9 Å². The molecule has 2 aliphatic rings. The molecule has 0 saturated carbocycles. The number of rotatable bonds is 3. The van der Waals surface area contributed by atoms with Crippen molar-refractivity contribution in [2.45, 2.75) is 52.0 Å². The normalized spacial score (nSPS) is 24.4. The summed E-state index contributed by atoms with van der Waals surface area (Å²) in [6, 6.07) is 0.536. The Kier molecular flexibility index (Phi) is 4.89. The summed E-state index contributed by atoms with van der Waals surface area (Å²) in [5.74, 6) is 0.0104. The van der Waals surface area contributed by atoms with Crippen LogP contribution in [0.15, 0.2) is 0 Å². The van der Waals surface area contributed by atoms with Gasteiger partial charge in [0, 0.05) is 32.1 Å². The van der Waals surface area contributed by atoms with E-state index in [1.165, 1.54) is 0 Å².